The Morgan fingerprint density at radius 3 is 2.61 bits per heavy atom. The molecule has 0 radical (unpaired) electrons. The molecule has 0 spiro atoms. The molecule has 1 rings (SSSR count). The van der Waals surface area contributed by atoms with Crippen LogP contribution in [0.5, 0.6) is 5.75 Å². The maximum atomic E-state index is 11.8. The Morgan fingerprint density at radius 1 is 1.39 bits per heavy atom. The molecule has 0 bridgehead atoms. The van der Waals surface area contributed by atoms with Gasteiger partial charge in [-0.15, -0.1) is 0 Å². The van der Waals surface area contributed by atoms with E-state index in [1.54, 1.807) is 0 Å². The lowest BCUT2D eigenvalue weighted by atomic mass is 10.1. The molecule has 0 aliphatic rings. The lowest BCUT2D eigenvalue weighted by molar-refractivity contribution is -0.186. The number of ether oxygens (including phenoxy) is 2. The Morgan fingerprint density at radius 2 is 2.06 bits per heavy atom. The highest BCUT2D eigenvalue weighted by molar-refractivity contribution is 6.30. The maximum Gasteiger partial charge on any atom is 0.411 e. The zero-order valence-corrected chi connectivity index (χ0v) is 10.3. The van der Waals surface area contributed by atoms with Gasteiger partial charge in [0.05, 0.1) is 6.10 Å². The second kappa shape index (κ2) is 6.26. The van der Waals surface area contributed by atoms with Crippen LogP contribution in [0.4, 0.5) is 13.2 Å². The normalized spacial score (nSPS) is 13.4. The molecular formula is C11H12ClF3O3. The van der Waals surface area contributed by atoms with E-state index < -0.39 is 25.7 Å². The highest BCUT2D eigenvalue weighted by Gasteiger charge is 2.27. The largest absolute Gasteiger partial charge is 0.467 e. The first-order valence-electron chi connectivity index (χ1n) is 5.04. The number of aliphatic hydroxyl groups excluding tert-OH is 1. The number of alkyl halides is 3. The van der Waals surface area contributed by atoms with Gasteiger partial charge in [-0.2, -0.15) is 13.2 Å². The van der Waals surface area contributed by atoms with Gasteiger partial charge in [0.15, 0.2) is 6.79 Å². The molecule has 1 aromatic carbocycles. The van der Waals surface area contributed by atoms with Crippen LogP contribution >= 0.6 is 11.6 Å². The smallest absolute Gasteiger partial charge is 0.411 e. The zero-order valence-electron chi connectivity index (χ0n) is 9.50. The number of aliphatic hydroxyl groups is 1. The van der Waals surface area contributed by atoms with Crippen LogP contribution in [0.3, 0.4) is 0 Å². The second-order valence-electron chi connectivity index (χ2n) is 3.58. The fraction of sp³-hybridized carbons (Fsp3) is 0.455. The van der Waals surface area contributed by atoms with Crippen LogP contribution < -0.4 is 4.74 Å². The van der Waals surface area contributed by atoms with Crippen molar-refractivity contribution < 1.29 is 27.8 Å². The van der Waals surface area contributed by atoms with Crippen molar-refractivity contribution in [3.05, 3.63) is 28.8 Å². The minimum Gasteiger partial charge on any atom is -0.467 e. The second-order valence-corrected chi connectivity index (χ2v) is 4.02. The van der Waals surface area contributed by atoms with Crippen molar-refractivity contribution in [1.82, 2.24) is 0 Å². The maximum absolute atomic E-state index is 11.8. The standard InChI is InChI=1S/C11H12ClF3O3/c1-7(16)9-4-8(12)2-3-10(9)18-6-17-5-11(13,14)15/h2-4,7,16H,5-6H2,1H3. The molecule has 0 saturated carbocycles. The van der Waals surface area contributed by atoms with E-state index in [2.05, 4.69) is 4.74 Å². The molecule has 1 N–H and O–H groups in total. The third-order valence-corrected chi connectivity index (χ3v) is 2.22. The molecule has 0 aromatic heterocycles. The van der Waals surface area contributed by atoms with Gasteiger partial charge in [0.25, 0.3) is 0 Å². The van der Waals surface area contributed by atoms with E-state index in [0.717, 1.165) is 0 Å². The van der Waals surface area contributed by atoms with Crippen LogP contribution in [-0.2, 0) is 4.74 Å². The summed E-state index contributed by atoms with van der Waals surface area (Å²) >= 11 is 5.74. The van der Waals surface area contributed by atoms with Gasteiger partial charge in [-0.05, 0) is 25.1 Å². The molecule has 102 valence electrons. The van der Waals surface area contributed by atoms with Crippen LogP contribution in [0.1, 0.15) is 18.6 Å². The highest BCUT2D eigenvalue weighted by Crippen LogP contribution is 2.28. The van der Waals surface area contributed by atoms with E-state index in [9.17, 15) is 18.3 Å². The van der Waals surface area contributed by atoms with Gasteiger partial charge in [0.1, 0.15) is 12.4 Å². The van der Waals surface area contributed by atoms with E-state index in [4.69, 9.17) is 16.3 Å². The number of benzene rings is 1. The first kappa shape index (κ1) is 15.1. The number of halogens is 4. The molecule has 0 fully saturated rings. The van der Waals surface area contributed by atoms with E-state index >= 15 is 0 Å². The van der Waals surface area contributed by atoms with E-state index in [1.165, 1.54) is 25.1 Å². The van der Waals surface area contributed by atoms with Crippen LogP contribution in [-0.4, -0.2) is 24.7 Å². The average Bonchev–Trinajstić information content (AvgIpc) is 2.24. The molecule has 7 heteroatoms. The Labute approximate surface area is 107 Å². The third kappa shape index (κ3) is 5.12. The Bertz CT molecular complexity index is 394. The molecular weight excluding hydrogens is 273 g/mol. The van der Waals surface area contributed by atoms with Gasteiger partial charge >= 0.3 is 6.18 Å². The van der Waals surface area contributed by atoms with Crippen LogP contribution in [0, 0.1) is 0 Å². The Balaban J connectivity index is 2.57. The number of hydrogen-bond acceptors (Lipinski definition) is 3. The summed E-state index contributed by atoms with van der Waals surface area (Å²) in [6.07, 6.45) is -5.24. The minimum atomic E-state index is -4.39. The molecule has 0 saturated heterocycles. The van der Waals surface area contributed by atoms with Crippen molar-refractivity contribution in [2.75, 3.05) is 13.4 Å². The molecule has 0 heterocycles. The average molecular weight is 285 g/mol. The predicted molar refractivity (Wildman–Crippen MR) is 59.6 cm³/mol. The Kier molecular flexibility index (Phi) is 5.25. The zero-order chi connectivity index (χ0) is 13.8. The first-order valence-corrected chi connectivity index (χ1v) is 5.42. The summed E-state index contributed by atoms with van der Waals surface area (Å²) in [5.41, 5.74) is 0.387. The van der Waals surface area contributed by atoms with E-state index in [1.807, 2.05) is 0 Å². The van der Waals surface area contributed by atoms with Crippen molar-refractivity contribution in [3.63, 3.8) is 0 Å². The van der Waals surface area contributed by atoms with Crippen LogP contribution in [0.2, 0.25) is 5.02 Å². The van der Waals surface area contributed by atoms with Crippen molar-refractivity contribution in [2.45, 2.75) is 19.2 Å². The molecule has 1 atom stereocenters. The van der Waals surface area contributed by atoms with Gasteiger partial charge < -0.3 is 14.6 Å². The summed E-state index contributed by atoms with van der Waals surface area (Å²) in [5, 5.41) is 9.85. The highest BCUT2D eigenvalue weighted by atomic mass is 35.5. The summed E-state index contributed by atoms with van der Waals surface area (Å²) in [6.45, 7) is -0.444. The molecule has 0 aliphatic carbocycles. The fourth-order valence-electron chi connectivity index (χ4n) is 1.24. The summed E-state index contributed by atoms with van der Waals surface area (Å²) in [5.74, 6) is 0.233. The molecule has 1 unspecified atom stereocenters. The SMILES string of the molecule is CC(O)c1cc(Cl)ccc1OCOCC(F)(F)F. The van der Waals surface area contributed by atoms with Crippen LogP contribution in [0.15, 0.2) is 18.2 Å². The predicted octanol–water partition coefficient (Wildman–Crippen LogP) is 3.31. The number of hydrogen-bond donors (Lipinski definition) is 1. The van der Waals surface area contributed by atoms with Gasteiger partial charge in [0.2, 0.25) is 0 Å². The molecule has 1 aromatic rings. The van der Waals surface area contributed by atoms with Crippen molar-refractivity contribution in [2.24, 2.45) is 0 Å². The van der Waals surface area contributed by atoms with E-state index in [0.29, 0.717) is 10.6 Å². The first-order chi connectivity index (χ1) is 8.29. The fourth-order valence-corrected chi connectivity index (χ4v) is 1.42. The Hall–Kier alpha value is -0.980. The monoisotopic (exact) mass is 284 g/mol. The van der Waals surface area contributed by atoms with Gasteiger partial charge in [-0.1, -0.05) is 11.6 Å². The third-order valence-electron chi connectivity index (χ3n) is 1.99. The summed E-state index contributed by atoms with van der Waals surface area (Å²) in [4.78, 5) is 0. The van der Waals surface area contributed by atoms with Crippen molar-refractivity contribution in [3.8, 4) is 5.75 Å². The lowest BCUT2D eigenvalue weighted by Crippen LogP contribution is -2.19. The molecule has 18 heavy (non-hydrogen) atoms. The number of rotatable bonds is 5. The van der Waals surface area contributed by atoms with Crippen LogP contribution in [0.25, 0.3) is 0 Å². The van der Waals surface area contributed by atoms with Crippen molar-refractivity contribution >= 4 is 11.6 Å². The lowest BCUT2D eigenvalue weighted by Gasteiger charge is -2.14. The van der Waals surface area contributed by atoms with Gasteiger partial charge in [-0.3, -0.25) is 0 Å². The topological polar surface area (TPSA) is 38.7 Å². The molecule has 0 amide bonds. The quantitative estimate of drug-likeness (QED) is 0.666. The summed E-state index contributed by atoms with van der Waals surface area (Å²) in [6, 6.07) is 4.44. The molecule has 3 nitrogen and oxygen atoms in total. The van der Waals surface area contributed by atoms with E-state index in [-0.39, 0.29) is 5.75 Å². The summed E-state index contributed by atoms with van der Waals surface area (Å²) < 4.78 is 44.7. The molecule has 0 aliphatic heterocycles. The van der Waals surface area contributed by atoms with Gasteiger partial charge in [0, 0.05) is 10.6 Å². The van der Waals surface area contributed by atoms with Gasteiger partial charge in [-0.25, -0.2) is 0 Å². The minimum absolute atomic E-state index is 0.233. The van der Waals surface area contributed by atoms with Crippen molar-refractivity contribution in [1.29, 1.82) is 0 Å². The summed E-state index contributed by atoms with van der Waals surface area (Å²) in [7, 11) is 0.